The predicted octanol–water partition coefficient (Wildman–Crippen LogP) is 1.00. The average Bonchev–Trinajstić information content (AvgIpc) is 2.36. The number of anilines is 1. The number of ether oxygens (including phenoxy) is 1. The van der Waals surface area contributed by atoms with E-state index in [-0.39, 0.29) is 12.5 Å². The molecule has 6 heteroatoms. The van der Waals surface area contributed by atoms with Crippen molar-refractivity contribution in [2.24, 2.45) is 0 Å². The standard InChI is InChI=1S/C13H18N2O4/c1-8-4-5-11(19-3)10(6-8)15-12(16)7-14-9(2)13(17)18/h4-6,9,14H,7H2,1-3H3,(H,15,16)(H,17,18)/t9-/m1/s1. The summed E-state index contributed by atoms with van der Waals surface area (Å²) < 4.78 is 5.14. The highest BCUT2D eigenvalue weighted by atomic mass is 16.5. The Labute approximate surface area is 111 Å². The van der Waals surface area contributed by atoms with Crippen LogP contribution >= 0.6 is 0 Å². The number of nitrogens with one attached hydrogen (secondary N) is 2. The smallest absolute Gasteiger partial charge is 0.320 e. The minimum absolute atomic E-state index is 0.0788. The molecule has 0 aliphatic rings. The van der Waals surface area contributed by atoms with Gasteiger partial charge in [0.15, 0.2) is 0 Å². The molecule has 0 radical (unpaired) electrons. The number of amides is 1. The molecule has 0 saturated carbocycles. The number of carbonyl (C=O) groups excluding carboxylic acids is 1. The molecular weight excluding hydrogens is 248 g/mol. The lowest BCUT2D eigenvalue weighted by molar-refractivity contribution is -0.139. The summed E-state index contributed by atoms with van der Waals surface area (Å²) in [5.41, 5.74) is 1.56. The Morgan fingerprint density at radius 3 is 2.68 bits per heavy atom. The first kappa shape index (κ1) is 15.0. The van der Waals surface area contributed by atoms with Crippen molar-refractivity contribution in [3.8, 4) is 5.75 Å². The van der Waals surface area contributed by atoms with E-state index in [1.807, 2.05) is 13.0 Å². The van der Waals surface area contributed by atoms with Crippen LogP contribution in [0.2, 0.25) is 0 Å². The van der Waals surface area contributed by atoms with Crippen LogP contribution in [-0.2, 0) is 9.59 Å². The Hall–Kier alpha value is -2.08. The molecule has 1 aromatic carbocycles. The maximum Gasteiger partial charge on any atom is 0.320 e. The van der Waals surface area contributed by atoms with E-state index >= 15 is 0 Å². The first-order valence-electron chi connectivity index (χ1n) is 5.84. The van der Waals surface area contributed by atoms with Gasteiger partial charge in [-0.25, -0.2) is 0 Å². The summed E-state index contributed by atoms with van der Waals surface area (Å²) in [6.07, 6.45) is 0. The second-order valence-corrected chi connectivity index (χ2v) is 4.19. The summed E-state index contributed by atoms with van der Waals surface area (Å²) in [6, 6.07) is 4.65. The quantitative estimate of drug-likeness (QED) is 0.715. The molecule has 1 amide bonds. The summed E-state index contributed by atoms with van der Waals surface area (Å²) in [4.78, 5) is 22.3. The lowest BCUT2D eigenvalue weighted by Crippen LogP contribution is -2.39. The zero-order valence-electron chi connectivity index (χ0n) is 11.2. The second-order valence-electron chi connectivity index (χ2n) is 4.19. The molecule has 104 valence electrons. The van der Waals surface area contributed by atoms with Crippen molar-refractivity contribution < 1.29 is 19.4 Å². The van der Waals surface area contributed by atoms with Crippen molar-refractivity contribution in [3.63, 3.8) is 0 Å². The van der Waals surface area contributed by atoms with Crippen LogP contribution in [0.1, 0.15) is 12.5 Å². The van der Waals surface area contributed by atoms with E-state index in [9.17, 15) is 9.59 Å². The zero-order chi connectivity index (χ0) is 14.4. The molecule has 0 aliphatic heterocycles. The van der Waals surface area contributed by atoms with Gasteiger partial charge in [0.05, 0.1) is 19.3 Å². The molecule has 0 aromatic heterocycles. The third-order valence-corrected chi connectivity index (χ3v) is 2.57. The van der Waals surface area contributed by atoms with E-state index in [0.29, 0.717) is 11.4 Å². The summed E-state index contributed by atoms with van der Waals surface area (Å²) in [6.45, 7) is 3.30. The summed E-state index contributed by atoms with van der Waals surface area (Å²) in [5, 5.41) is 14.0. The van der Waals surface area contributed by atoms with Crippen molar-refractivity contribution in [1.82, 2.24) is 5.32 Å². The largest absolute Gasteiger partial charge is 0.495 e. The van der Waals surface area contributed by atoms with Crippen LogP contribution in [0.5, 0.6) is 5.75 Å². The first-order valence-corrected chi connectivity index (χ1v) is 5.84. The fourth-order valence-electron chi connectivity index (χ4n) is 1.45. The molecule has 0 saturated heterocycles. The third kappa shape index (κ3) is 4.59. The van der Waals surface area contributed by atoms with E-state index in [1.165, 1.54) is 14.0 Å². The second kappa shape index (κ2) is 6.75. The molecule has 0 bridgehead atoms. The minimum Gasteiger partial charge on any atom is -0.495 e. The first-order chi connectivity index (χ1) is 8.93. The maximum atomic E-state index is 11.7. The number of carbonyl (C=O) groups is 2. The van der Waals surface area contributed by atoms with Gasteiger partial charge in [-0.05, 0) is 31.5 Å². The number of carboxylic acid groups (broad SMARTS) is 1. The van der Waals surface area contributed by atoms with Crippen LogP contribution < -0.4 is 15.4 Å². The summed E-state index contributed by atoms with van der Waals surface area (Å²) >= 11 is 0. The molecule has 19 heavy (non-hydrogen) atoms. The highest BCUT2D eigenvalue weighted by molar-refractivity contribution is 5.94. The van der Waals surface area contributed by atoms with Crippen LogP contribution in [0.3, 0.4) is 0 Å². The molecule has 0 fully saturated rings. The number of aryl methyl sites for hydroxylation is 1. The number of hydrogen-bond acceptors (Lipinski definition) is 4. The highest BCUT2D eigenvalue weighted by Crippen LogP contribution is 2.24. The van der Waals surface area contributed by atoms with Crippen LogP contribution in [0, 0.1) is 6.92 Å². The van der Waals surface area contributed by atoms with Gasteiger partial charge in [-0.1, -0.05) is 6.07 Å². The van der Waals surface area contributed by atoms with E-state index < -0.39 is 12.0 Å². The summed E-state index contributed by atoms with van der Waals surface area (Å²) in [5.74, 6) is -0.761. The van der Waals surface area contributed by atoms with E-state index in [4.69, 9.17) is 9.84 Å². The molecule has 6 nitrogen and oxygen atoms in total. The Bertz CT molecular complexity index is 474. The normalized spacial score (nSPS) is 11.7. The third-order valence-electron chi connectivity index (χ3n) is 2.57. The number of aliphatic carboxylic acids is 1. The van der Waals surface area contributed by atoms with Gasteiger partial charge in [-0.15, -0.1) is 0 Å². The van der Waals surface area contributed by atoms with E-state index in [1.54, 1.807) is 12.1 Å². The monoisotopic (exact) mass is 266 g/mol. The Kier molecular flexibility index (Phi) is 5.32. The van der Waals surface area contributed by atoms with Gasteiger partial charge in [-0.3, -0.25) is 14.9 Å². The van der Waals surface area contributed by atoms with Crippen molar-refractivity contribution >= 4 is 17.6 Å². The van der Waals surface area contributed by atoms with Gasteiger partial charge in [0.25, 0.3) is 0 Å². The van der Waals surface area contributed by atoms with Gasteiger partial charge in [0, 0.05) is 0 Å². The van der Waals surface area contributed by atoms with Gasteiger partial charge in [-0.2, -0.15) is 0 Å². The fraction of sp³-hybridized carbons (Fsp3) is 0.385. The van der Waals surface area contributed by atoms with Crippen molar-refractivity contribution in [2.45, 2.75) is 19.9 Å². The van der Waals surface area contributed by atoms with Crippen LogP contribution in [0.15, 0.2) is 18.2 Å². The number of hydrogen-bond donors (Lipinski definition) is 3. The van der Waals surface area contributed by atoms with Gasteiger partial charge < -0.3 is 15.2 Å². The predicted molar refractivity (Wildman–Crippen MR) is 71.5 cm³/mol. The lowest BCUT2D eigenvalue weighted by Gasteiger charge is -2.12. The molecule has 1 atom stereocenters. The van der Waals surface area contributed by atoms with Gasteiger partial charge >= 0.3 is 5.97 Å². The minimum atomic E-state index is -0.999. The molecule has 0 heterocycles. The number of benzene rings is 1. The summed E-state index contributed by atoms with van der Waals surface area (Å²) in [7, 11) is 1.52. The SMILES string of the molecule is COc1ccc(C)cc1NC(=O)CN[C@H](C)C(=O)O. The molecule has 3 N–H and O–H groups in total. The Morgan fingerprint density at radius 2 is 2.11 bits per heavy atom. The molecule has 0 aliphatic carbocycles. The number of carboxylic acids is 1. The fourth-order valence-corrected chi connectivity index (χ4v) is 1.45. The number of rotatable bonds is 6. The molecule has 1 rings (SSSR count). The lowest BCUT2D eigenvalue weighted by atomic mass is 10.2. The van der Waals surface area contributed by atoms with E-state index in [0.717, 1.165) is 5.56 Å². The Balaban J connectivity index is 2.62. The maximum absolute atomic E-state index is 11.7. The molecule has 0 spiro atoms. The zero-order valence-corrected chi connectivity index (χ0v) is 11.2. The van der Waals surface area contributed by atoms with Crippen LogP contribution in [-0.4, -0.2) is 36.7 Å². The molecule has 1 aromatic rings. The van der Waals surface area contributed by atoms with Crippen LogP contribution in [0.25, 0.3) is 0 Å². The van der Waals surface area contributed by atoms with Gasteiger partial charge in [0.1, 0.15) is 11.8 Å². The van der Waals surface area contributed by atoms with Crippen molar-refractivity contribution in [1.29, 1.82) is 0 Å². The molecule has 0 unspecified atom stereocenters. The molecular formula is C13H18N2O4. The van der Waals surface area contributed by atoms with Crippen molar-refractivity contribution in [2.75, 3.05) is 19.0 Å². The average molecular weight is 266 g/mol. The topological polar surface area (TPSA) is 87.7 Å². The van der Waals surface area contributed by atoms with Crippen LogP contribution in [0.4, 0.5) is 5.69 Å². The Morgan fingerprint density at radius 1 is 1.42 bits per heavy atom. The van der Waals surface area contributed by atoms with E-state index in [2.05, 4.69) is 10.6 Å². The van der Waals surface area contributed by atoms with Gasteiger partial charge in [0.2, 0.25) is 5.91 Å². The van der Waals surface area contributed by atoms with Crippen molar-refractivity contribution in [3.05, 3.63) is 23.8 Å². The highest BCUT2D eigenvalue weighted by Gasteiger charge is 2.13. The number of methoxy groups -OCH3 is 1.